The topological polar surface area (TPSA) is 17.1 Å². The summed E-state index contributed by atoms with van der Waals surface area (Å²) < 4.78 is 37.4. The van der Waals surface area contributed by atoms with Crippen LogP contribution in [0.25, 0.3) is 0 Å². The van der Waals surface area contributed by atoms with Crippen LogP contribution >= 0.6 is 11.8 Å². The summed E-state index contributed by atoms with van der Waals surface area (Å²) in [6.07, 6.45) is -2.80. The molecule has 1 aliphatic heterocycles. The molecular formula is C11H9F3OS. The quantitative estimate of drug-likeness (QED) is 0.706. The van der Waals surface area contributed by atoms with Gasteiger partial charge in [-0.15, -0.1) is 11.8 Å². The number of hydrogen-bond acceptors (Lipinski definition) is 2. The van der Waals surface area contributed by atoms with Crippen molar-refractivity contribution in [1.29, 1.82) is 0 Å². The Labute approximate surface area is 95.0 Å². The van der Waals surface area contributed by atoms with Gasteiger partial charge < -0.3 is 4.79 Å². The minimum Gasteiger partial charge on any atom is -0.303 e. The van der Waals surface area contributed by atoms with Gasteiger partial charge in [0.25, 0.3) is 0 Å². The molecule has 0 saturated heterocycles. The zero-order chi connectivity index (χ0) is 11.8. The molecule has 0 saturated carbocycles. The van der Waals surface area contributed by atoms with E-state index in [0.717, 1.165) is 24.0 Å². The predicted molar refractivity (Wildman–Crippen MR) is 55.6 cm³/mol. The molecule has 1 nitrogen and oxygen atoms in total. The van der Waals surface area contributed by atoms with Crippen molar-refractivity contribution >= 4 is 18.0 Å². The van der Waals surface area contributed by atoms with Gasteiger partial charge >= 0.3 is 6.18 Å². The molecule has 1 unspecified atom stereocenters. The number of benzene rings is 1. The molecule has 0 aromatic heterocycles. The Bertz CT molecular complexity index is 414. The molecule has 1 atom stereocenters. The summed E-state index contributed by atoms with van der Waals surface area (Å²) in [7, 11) is 0. The predicted octanol–water partition coefficient (Wildman–Crippen LogP) is 3.48. The van der Waals surface area contributed by atoms with Crippen molar-refractivity contribution in [3.8, 4) is 0 Å². The number of thioether (sulfide) groups is 1. The van der Waals surface area contributed by atoms with E-state index in [4.69, 9.17) is 0 Å². The minimum absolute atomic E-state index is 0.251. The number of rotatable bonds is 1. The van der Waals surface area contributed by atoms with Crippen molar-refractivity contribution in [1.82, 2.24) is 0 Å². The van der Waals surface area contributed by atoms with E-state index < -0.39 is 11.7 Å². The molecule has 0 bridgehead atoms. The van der Waals surface area contributed by atoms with E-state index in [1.807, 2.05) is 0 Å². The van der Waals surface area contributed by atoms with E-state index in [0.29, 0.717) is 17.1 Å². The third-order valence-corrected chi connectivity index (χ3v) is 3.70. The normalized spacial score (nSPS) is 20.3. The molecule has 5 heteroatoms. The molecule has 0 aliphatic carbocycles. The number of carbonyl (C=O) groups excluding carboxylic acids is 1. The molecule has 0 fully saturated rings. The van der Waals surface area contributed by atoms with Gasteiger partial charge in [-0.2, -0.15) is 13.2 Å². The van der Waals surface area contributed by atoms with Crippen LogP contribution in [0.4, 0.5) is 13.2 Å². The summed E-state index contributed by atoms with van der Waals surface area (Å²) >= 11 is 1.38. The van der Waals surface area contributed by atoms with Crippen LogP contribution in [0.5, 0.6) is 0 Å². The van der Waals surface area contributed by atoms with Gasteiger partial charge in [-0.05, 0) is 29.9 Å². The highest BCUT2D eigenvalue weighted by Gasteiger charge is 2.32. The Hall–Kier alpha value is -0.970. The highest BCUT2D eigenvalue weighted by molar-refractivity contribution is 7.99. The summed E-state index contributed by atoms with van der Waals surface area (Å²) in [6.45, 7) is 0. The summed E-state index contributed by atoms with van der Waals surface area (Å²) in [6, 6.07) is 3.60. The van der Waals surface area contributed by atoms with Crippen molar-refractivity contribution in [3.05, 3.63) is 29.3 Å². The zero-order valence-corrected chi connectivity index (χ0v) is 9.07. The number of alkyl halides is 3. The van der Waals surface area contributed by atoms with Gasteiger partial charge in [-0.25, -0.2) is 0 Å². The van der Waals surface area contributed by atoms with Crippen molar-refractivity contribution in [2.75, 3.05) is 5.75 Å². The van der Waals surface area contributed by atoms with Gasteiger partial charge in [0.05, 0.1) is 5.56 Å². The SMILES string of the molecule is O=CC1CCSc2cc(C(F)(F)F)ccc21. The second-order valence-electron chi connectivity index (χ2n) is 3.63. The Balaban J connectivity index is 2.43. The zero-order valence-electron chi connectivity index (χ0n) is 8.25. The van der Waals surface area contributed by atoms with Crippen molar-refractivity contribution in [2.45, 2.75) is 23.4 Å². The Kier molecular flexibility index (Phi) is 2.97. The maximum Gasteiger partial charge on any atom is 0.416 e. The first kappa shape index (κ1) is 11.5. The fraction of sp³-hybridized carbons (Fsp3) is 0.364. The highest BCUT2D eigenvalue weighted by Crippen LogP contribution is 2.40. The molecule has 2 rings (SSSR count). The lowest BCUT2D eigenvalue weighted by molar-refractivity contribution is -0.137. The molecule has 0 amide bonds. The Morgan fingerprint density at radius 2 is 2.12 bits per heavy atom. The minimum atomic E-state index is -4.32. The third kappa shape index (κ3) is 2.09. The van der Waals surface area contributed by atoms with Crippen molar-refractivity contribution in [2.24, 2.45) is 0 Å². The van der Waals surface area contributed by atoms with Crippen LogP contribution in [-0.4, -0.2) is 12.0 Å². The molecular weight excluding hydrogens is 237 g/mol. The average Bonchev–Trinajstić information content (AvgIpc) is 2.26. The molecule has 1 aliphatic rings. The van der Waals surface area contributed by atoms with E-state index >= 15 is 0 Å². The van der Waals surface area contributed by atoms with E-state index in [-0.39, 0.29) is 5.92 Å². The molecule has 1 heterocycles. The lowest BCUT2D eigenvalue weighted by Gasteiger charge is -2.21. The standard InChI is InChI=1S/C11H9F3OS/c12-11(13,14)8-1-2-9-7(6-15)3-4-16-10(9)5-8/h1-2,5-7H,3-4H2. The van der Waals surface area contributed by atoms with E-state index in [1.54, 1.807) is 0 Å². The van der Waals surface area contributed by atoms with Crippen LogP contribution in [0, 0.1) is 0 Å². The summed E-state index contributed by atoms with van der Waals surface area (Å²) in [4.78, 5) is 11.4. The van der Waals surface area contributed by atoms with Crippen LogP contribution in [-0.2, 0) is 11.0 Å². The molecule has 0 N–H and O–H groups in total. The Morgan fingerprint density at radius 1 is 1.38 bits per heavy atom. The van der Waals surface area contributed by atoms with E-state index in [1.165, 1.54) is 17.8 Å². The van der Waals surface area contributed by atoms with Gasteiger partial charge in [0.1, 0.15) is 6.29 Å². The van der Waals surface area contributed by atoms with Gasteiger partial charge in [-0.1, -0.05) is 6.07 Å². The van der Waals surface area contributed by atoms with Gasteiger partial charge in [0.2, 0.25) is 0 Å². The largest absolute Gasteiger partial charge is 0.416 e. The monoisotopic (exact) mass is 246 g/mol. The van der Waals surface area contributed by atoms with Crippen LogP contribution in [0.1, 0.15) is 23.5 Å². The van der Waals surface area contributed by atoms with Gasteiger partial charge in [0.15, 0.2) is 0 Å². The van der Waals surface area contributed by atoms with Crippen LogP contribution < -0.4 is 0 Å². The fourth-order valence-electron chi connectivity index (χ4n) is 1.73. The third-order valence-electron chi connectivity index (χ3n) is 2.59. The fourth-order valence-corrected chi connectivity index (χ4v) is 2.92. The lowest BCUT2D eigenvalue weighted by Crippen LogP contribution is -2.11. The second kappa shape index (κ2) is 4.13. The highest BCUT2D eigenvalue weighted by atomic mass is 32.2. The maximum atomic E-state index is 12.5. The first-order valence-corrected chi connectivity index (χ1v) is 5.80. The number of fused-ring (bicyclic) bond motifs is 1. The van der Waals surface area contributed by atoms with Crippen LogP contribution in [0.15, 0.2) is 23.1 Å². The van der Waals surface area contributed by atoms with E-state index in [9.17, 15) is 18.0 Å². The lowest BCUT2D eigenvalue weighted by atomic mass is 9.96. The van der Waals surface area contributed by atoms with Crippen molar-refractivity contribution in [3.63, 3.8) is 0 Å². The number of hydrogen-bond donors (Lipinski definition) is 0. The maximum absolute atomic E-state index is 12.5. The first-order chi connectivity index (χ1) is 7.52. The van der Waals surface area contributed by atoms with Crippen LogP contribution in [0.3, 0.4) is 0 Å². The molecule has 0 radical (unpaired) electrons. The van der Waals surface area contributed by atoms with Crippen LogP contribution in [0.2, 0.25) is 0 Å². The average molecular weight is 246 g/mol. The first-order valence-electron chi connectivity index (χ1n) is 4.81. The molecule has 1 aromatic carbocycles. The van der Waals surface area contributed by atoms with Gasteiger partial charge in [0, 0.05) is 10.8 Å². The second-order valence-corrected chi connectivity index (χ2v) is 4.77. The molecule has 1 aromatic rings. The number of aldehydes is 1. The number of carbonyl (C=O) groups is 1. The molecule has 0 spiro atoms. The van der Waals surface area contributed by atoms with Crippen molar-refractivity contribution < 1.29 is 18.0 Å². The summed E-state index contributed by atoms with van der Waals surface area (Å²) in [5.74, 6) is 0.441. The van der Waals surface area contributed by atoms with E-state index in [2.05, 4.69) is 0 Å². The summed E-state index contributed by atoms with van der Waals surface area (Å²) in [5.41, 5.74) is 0.0737. The molecule has 16 heavy (non-hydrogen) atoms. The smallest absolute Gasteiger partial charge is 0.303 e. The number of halogens is 3. The van der Waals surface area contributed by atoms with Gasteiger partial charge in [-0.3, -0.25) is 0 Å². The Morgan fingerprint density at radius 3 is 2.75 bits per heavy atom. The summed E-state index contributed by atoms with van der Waals surface area (Å²) in [5, 5.41) is 0. The molecule has 86 valence electrons.